The molecule has 1 heterocycles. The van der Waals surface area contributed by atoms with Gasteiger partial charge in [-0.15, -0.1) is 0 Å². The minimum absolute atomic E-state index is 0.0702. The van der Waals surface area contributed by atoms with Crippen LogP contribution in [0.3, 0.4) is 0 Å². The third-order valence-corrected chi connectivity index (χ3v) is 5.66. The number of aliphatic imine (C=N–C) groups is 1. The van der Waals surface area contributed by atoms with Crippen molar-refractivity contribution in [1.29, 1.82) is 0 Å². The molecule has 1 fully saturated rings. The van der Waals surface area contributed by atoms with Crippen molar-refractivity contribution in [2.24, 2.45) is 4.99 Å². The van der Waals surface area contributed by atoms with Gasteiger partial charge in [0.25, 0.3) is 0 Å². The molecule has 1 N–H and O–H groups in total. The predicted molar refractivity (Wildman–Crippen MR) is 118 cm³/mol. The second-order valence-corrected chi connectivity index (χ2v) is 8.04. The summed E-state index contributed by atoms with van der Waals surface area (Å²) in [5.74, 6) is -0.331. The number of hydrogen-bond donors (Lipinski definition) is 1. The topological polar surface area (TPSA) is 71.0 Å². The van der Waals surface area contributed by atoms with Gasteiger partial charge < -0.3 is 10.1 Å². The van der Waals surface area contributed by atoms with Gasteiger partial charge in [0.2, 0.25) is 11.8 Å². The Kier molecular flexibility index (Phi) is 7.69. The normalized spacial score (nSPS) is 17.7. The van der Waals surface area contributed by atoms with E-state index in [1.54, 1.807) is 36.3 Å². The summed E-state index contributed by atoms with van der Waals surface area (Å²) < 4.78 is 5.10. The van der Waals surface area contributed by atoms with Crippen molar-refractivity contribution in [1.82, 2.24) is 4.90 Å². The number of carbonyl (C=O) groups excluding carboxylic acids is 2. The first-order valence-electron chi connectivity index (χ1n) is 9.23. The minimum Gasteiger partial charge on any atom is -0.385 e. The van der Waals surface area contributed by atoms with Gasteiger partial charge in [0.1, 0.15) is 5.25 Å². The van der Waals surface area contributed by atoms with Gasteiger partial charge in [0.15, 0.2) is 5.17 Å². The molecular weight excluding hydrogens is 410 g/mol. The van der Waals surface area contributed by atoms with Crippen molar-refractivity contribution < 1.29 is 14.3 Å². The number of halogens is 1. The molecule has 2 aromatic rings. The molecular formula is C21H22ClN3O3S. The molecule has 0 unspecified atom stereocenters. The number of thioether (sulfide) groups is 1. The standard InChI is InChI=1S/C21H22ClN3O3S/c1-28-13-5-12-25-20(27)18(29-21(25)24-16-6-3-2-4-7-16)14-19(26)23-17-10-8-15(22)9-11-17/h2-4,6-11,18H,5,12-14H2,1H3,(H,23,26)/t18-/m1/s1. The molecule has 1 saturated heterocycles. The number of hydrogen-bond acceptors (Lipinski definition) is 5. The molecule has 152 valence electrons. The Labute approximate surface area is 179 Å². The van der Waals surface area contributed by atoms with Gasteiger partial charge in [0.05, 0.1) is 5.69 Å². The lowest BCUT2D eigenvalue weighted by molar-refractivity contribution is -0.128. The maximum Gasteiger partial charge on any atom is 0.242 e. The van der Waals surface area contributed by atoms with Crippen molar-refractivity contribution >= 4 is 51.7 Å². The van der Waals surface area contributed by atoms with Crippen molar-refractivity contribution in [2.75, 3.05) is 25.6 Å². The highest BCUT2D eigenvalue weighted by Crippen LogP contribution is 2.32. The number of amidine groups is 1. The van der Waals surface area contributed by atoms with E-state index in [-0.39, 0.29) is 18.2 Å². The number of anilines is 1. The SMILES string of the molecule is COCCCN1C(=O)[C@@H](CC(=O)Nc2ccc(Cl)cc2)SC1=Nc1ccccc1. The number of nitrogens with zero attached hydrogens (tertiary/aromatic N) is 2. The molecule has 0 bridgehead atoms. The largest absolute Gasteiger partial charge is 0.385 e. The van der Waals surface area contributed by atoms with Gasteiger partial charge in [-0.1, -0.05) is 41.6 Å². The quantitative estimate of drug-likeness (QED) is 0.631. The number of amides is 2. The fourth-order valence-corrected chi connectivity index (χ4v) is 4.13. The molecule has 2 amide bonds. The van der Waals surface area contributed by atoms with Crippen molar-refractivity contribution in [3.63, 3.8) is 0 Å². The molecule has 2 aromatic carbocycles. The molecule has 0 radical (unpaired) electrons. The van der Waals surface area contributed by atoms with Gasteiger partial charge in [-0.2, -0.15) is 0 Å². The molecule has 1 aliphatic rings. The van der Waals surface area contributed by atoms with Crippen LogP contribution < -0.4 is 5.32 Å². The molecule has 8 heteroatoms. The zero-order valence-corrected chi connectivity index (χ0v) is 17.6. The van der Waals surface area contributed by atoms with Crippen LogP contribution >= 0.6 is 23.4 Å². The van der Waals surface area contributed by atoms with E-state index >= 15 is 0 Å². The molecule has 0 aliphatic carbocycles. The lowest BCUT2D eigenvalue weighted by atomic mass is 10.2. The Hall–Kier alpha value is -2.35. The van der Waals surface area contributed by atoms with E-state index in [2.05, 4.69) is 10.3 Å². The van der Waals surface area contributed by atoms with Crippen LogP contribution in [0.4, 0.5) is 11.4 Å². The number of para-hydroxylation sites is 1. The number of benzene rings is 2. The number of ether oxygens (including phenoxy) is 1. The van der Waals surface area contributed by atoms with Crippen molar-refractivity contribution in [2.45, 2.75) is 18.1 Å². The number of carbonyl (C=O) groups is 2. The summed E-state index contributed by atoms with van der Waals surface area (Å²) in [5.41, 5.74) is 1.41. The molecule has 1 atom stereocenters. The Morgan fingerprint density at radius 2 is 1.93 bits per heavy atom. The van der Waals surface area contributed by atoms with Crippen LogP contribution in [-0.2, 0) is 14.3 Å². The minimum atomic E-state index is -0.507. The maximum atomic E-state index is 12.9. The fraction of sp³-hybridized carbons (Fsp3) is 0.286. The lowest BCUT2D eigenvalue weighted by Crippen LogP contribution is -2.34. The first kappa shape index (κ1) is 21.4. The first-order valence-corrected chi connectivity index (χ1v) is 10.5. The van der Waals surface area contributed by atoms with Gasteiger partial charge in [0, 0.05) is 37.4 Å². The van der Waals surface area contributed by atoms with E-state index in [9.17, 15) is 9.59 Å². The van der Waals surface area contributed by atoms with Crippen LogP contribution in [0.15, 0.2) is 59.6 Å². The highest BCUT2D eigenvalue weighted by Gasteiger charge is 2.38. The molecule has 0 saturated carbocycles. The summed E-state index contributed by atoms with van der Waals surface area (Å²) in [6.45, 7) is 1.05. The van der Waals surface area contributed by atoms with E-state index < -0.39 is 5.25 Å². The summed E-state index contributed by atoms with van der Waals surface area (Å²) >= 11 is 7.19. The zero-order chi connectivity index (χ0) is 20.6. The lowest BCUT2D eigenvalue weighted by Gasteiger charge is -2.16. The van der Waals surface area contributed by atoms with Crippen LogP contribution in [0.2, 0.25) is 5.02 Å². The molecule has 3 rings (SSSR count). The number of methoxy groups -OCH3 is 1. The summed E-state index contributed by atoms with van der Waals surface area (Å²) in [4.78, 5) is 31.6. The number of rotatable bonds is 8. The number of nitrogens with one attached hydrogen (secondary N) is 1. The molecule has 0 spiro atoms. The Morgan fingerprint density at radius 3 is 2.62 bits per heavy atom. The van der Waals surface area contributed by atoms with Crippen LogP contribution in [0, 0.1) is 0 Å². The summed E-state index contributed by atoms with van der Waals surface area (Å²) in [7, 11) is 1.63. The Balaban J connectivity index is 1.70. The predicted octanol–water partition coefficient (Wildman–Crippen LogP) is 4.34. The summed E-state index contributed by atoms with van der Waals surface area (Å²) in [5, 5.41) is 3.51. The van der Waals surface area contributed by atoms with E-state index in [4.69, 9.17) is 16.3 Å². The van der Waals surface area contributed by atoms with E-state index in [0.717, 1.165) is 5.69 Å². The van der Waals surface area contributed by atoms with E-state index in [1.807, 2.05) is 30.3 Å². The molecule has 0 aromatic heterocycles. The van der Waals surface area contributed by atoms with Gasteiger partial charge in [-0.25, -0.2) is 4.99 Å². The first-order chi connectivity index (χ1) is 14.1. The Morgan fingerprint density at radius 1 is 1.21 bits per heavy atom. The van der Waals surface area contributed by atoms with Crippen LogP contribution in [0.25, 0.3) is 0 Å². The van der Waals surface area contributed by atoms with Gasteiger partial charge in [-0.3, -0.25) is 14.5 Å². The van der Waals surface area contributed by atoms with Crippen LogP contribution in [-0.4, -0.2) is 47.4 Å². The highest BCUT2D eigenvalue weighted by atomic mass is 35.5. The van der Waals surface area contributed by atoms with Crippen LogP contribution in [0.1, 0.15) is 12.8 Å². The third kappa shape index (κ3) is 6.06. The zero-order valence-electron chi connectivity index (χ0n) is 16.0. The second kappa shape index (κ2) is 10.4. The average Bonchev–Trinajstić information content (AvgIpc) is 2.99. The van der Waals surface area contributed by atoms with Gasteiger partial charge in [-0.05, 0) is 42.8 Å². The second-order valence-electron chi connectivity index (χ2n) is 6.43. The van der Waals surface area contributed by atoms with Gasteiger partial charge >= 0.3 is 0 Å². The molecule has 1 aliphatic heterocycles. The third-order valence-electron chi connectivity index (χ3n) is 4.23. The average molecular weight is 432 g/mol. The molecule has 29 heavy (non-hydrogen) atoms. The fourth-order valence-electron chi connectivity index (χ4n) is 2.82. The van der Waals surface area contributed by atoms with Crippen molar-refractivity contribution in [3.8, 4) is 0 Å². The summed E-state index contributed by atoms with van der Waals surface area (Å²) in [6, 6.07) is 16.3. The van der Waals surface area contributed by atoms with E-state index in [1.165, 1.54) is 11.8 Å². The Bertz CT molecular complexity index is 874. The monoisotopic (exact) mass is 431 g/mol. The molecule has 6 nitrogen and oxygen atoms in total. The summed E-state index contributed by atoms with van der Waals surface area (Å²) in [6.07, 6.45) is 0.765. The van der Waals surface area contributed by atoms with Crippen molar-refractivity contribution in [3.05, 3.63) is 59.6 Å². The smallest absolute Gasteiger partial charge is 0.242 e. The van der Waals surface area contributed by atoms with Crippen LogP contribution in [0.5, 0.6) is 0 Å². The van der Waals surface area contributed by atoms with E-state index in [0.29, 0.717) is 35.5 Å². The maximum absolute atomic E-state index is 12.9. The highest BCUT2D eigenvalue weighted by molar-refractivity contribution is 8.15.